The summed E-state index contributed by atoms with van der Waals surface area (Å²) in [6, 6.07) is 26.6. The normalized spacial score (nSPS) is 14.5. The van der Waals surface area contributed by atoms with E-state index in [1.165, 1.54) is 28.5 Å². The summed E-state index contributed by atoms with van der Waals surface area (Å²) in [5.74, 6) is 0.770. The van der Waals surface area contributed by atoms with Crippen LogP contribution in [0.25, 0.3) is 16.7 Å². The van der Waals surface area contributed by atoms with Gasteiger partial charge in [0.15, 0.2) is 10.8 Å². The van der Waals surface area contributed by atoms with Gasteiger partial charge in [-0.3, -0.25) is 14.2 Å². The van der Waals surface area contributed by atoms with E-state index in [1.54, 1.807) is 15.4 Å². The minimum Gasteiger partial charge on any atom is -0.356 e. The molecule has 3 heterocycles. The fourth-order valence-electron chi connectivity index (χ4n) is 5.54. The third-order valence-electron chi connectivity index (χ3n) is 7.53. The summed E-state index contributed by atoms with van der Waals surface area (Å²) in [7, 11) is 0. The molecule has 0 fully saturated rings. The molecule has 2 aromatic heterocycles. The maximum atomic E-state index is 13.5. The Morgan fingerprint density at radius 3 is 2.40 bits per heavy atom. The second-order valence-electron chi connectivity index (χ2n) is 10.3. The van der Waals surface area contributed by atoms with E-state index >= 15 is 0 Å². The van der Waals surface area contributed by atoms with Crippen molar-refractivity contribution >= 4 is 28.7 Å². The molecule has 0 bridgehead atoms. The lowest BCUT2D eigenvalue weighted by Gasteiger charge is -2.19. The van der Waals surface area contributed by atoms with Crippen molar-refractivity contribution in [3.05, 3.63) is 118 Å². The van der Waals surface area contributed by atoms with Gasteiger partial charge in [-0.25, -0.2) is 9.67 Å². The minimum atomic E-state index is -0.243. The van der Waals surface area contributed by atoms with Crippen molar-refractivity contribution in [2.45, 2.75) is 43.8 Å². The van der Waals surface area contributed by atoms with Crippen molar-refractivity contribution in [1.82, 2.24) is 24.6 Å². The van der Waals surface area contributed by atoms with Gasteiger partial charge in [0.05, 0.1) is 17.9 Å². The number of hydrogen-bond acceptors (Lipinski definition) is 5. The van der Waals surface area contributed by atoms with Crippen molar-refractivity contribution < 1.29 is 4.79 Å². The molecule has 0 radical (unpaired) electrons. The third-order valence-corrected chi connectivity index (χ3v) is 8.63. The first-order valence-electron chi connectivity index (χ1n) is 13.6. The molecule has 0 saturated carbocycles. The van der Waals surface area contributed by atoms with Gasteiger partial charge in [0.1, 0.15) is 5.39 Å². The van der Waals surface area contributed by atoms with Crippen LogP contribution in [0.1, 0.15) is 47.1 Å². The third kappa shape index (κ3) is 5.07. The summed E-state index contributed by atoms with van der Waals surface area (Å²) in [5, 5.41) is 8.70. The smallest absolute Gasteiger partial charge is 0.265 e. The number of thioether (sulfide) groups is 1. The van der Waals surface area contributed by atoms with Crippen LogP contribution in [0.2, 0.25) is 0 Å². The zero-order valence-corrected chi connectivity index (χ0v) is 23.4. The lowest BCUT2D eigenvalue weighted by atomic mass is 9.88. The van der Waals surface area contributed by atoms with Crippen LogP contribution >= 0.6 is 11.8 Å². The number of fused-ring (bicyclic) bond motifs is 2. The standard InChI is InChI=1S/C32H31N5O2S/c1-21-13-14-28(22(2)17-21)37-30-27(19-34-37)31(39)36-25(20-40-32(36)35-30)18-29(38)33-16-15-26(23-9-5-3-6-10-23)24-11-7-4-8-12-24/h3-14,17,19,25-26H,15-16,18,20H2,1-2H3,(H,33,38). The van der Waals surface area contributed by atoms with Crippen LogP contribution < -0.4 is 10.9 Å². The van der Waals surface area contributed by atoms with E-state index in [9.17, 15) is 9.59 Å². The van der Waals surface area contributed by atoms with Gasteiger partial charge in [-0.1, -0.05) is 90.1 Å². The Balaban J connectivity index is 1.16. The summed E-state index contributed by atoms with van der Waals surface area (Å²) in [6.07, 6.45) is 2.61. The lowest BCUT2D eigenvalue weighted by molar-refractivity contribution is -0.121. The number of aromatic nitrogens is 4. The van der Waals surface area contributed by atoms with Gasteiger partial charge in [-0.05, 0) is 43.0 Å². The van der Waals surface area contributed by atoms with Crippen molar-refractivity contribution in [1.29, 1.82) is 0 Å². The van der Waals surface area contributed by atoms with Crippen LogP contribution in [0.5, 0.6) is 0 Å². The number of benzene rings is 3. The average molecular weight is 550 g/mol. The second-order valence-corrected chi connectivity index (χ2v) is 11.3. The zero-order chi connectivity index (χ0) is 27.6. The van der Waals surface area contributed by atoms with E-state index in [4.69, 9.17) is 4.98 Å². The minimum absolute atomic E-state index is 0.0590. The maximum Gasteiger partial charge on any atom is 0.265 e. The monoisotopic (exact) mass is 549 g/mol. The van der Waals surface area contributed by atoms with Gasteiger partial charge in [-0.15, -0.1) is 0 Å². The van der Waals surface area contributed by atoms with Crippen molar-refractivity contribution in [3.63, 3.8) is 0 Å². The molecule has 1 amide bonds. The quantitative estimate of drug-likeness (QED) is 0.256. The fourth-order valence-corrected chi connectivity index (χ4v) is 6.67. The molecule has 40 heavy (non-hydrogen) atoms. The SMILES string of the molecule is Cc1ccc(-n2ncc3c(=O)n4c(nc32)SCC4CC(=O)NCCC(c2ccccc2)c2ccccc2)c(C)c1. The maximum absolute atomic E-state index is 13.5. The van der Waals surface area contributed by atoms with Crippen molar-refractivity contribution in [2.24, 2.45) is 0 Å². The Bertz CT molecular complexity index is 1690. The number of amides is 1. The highest BCUT2D eigenvalue weighted by Crippen LogP contribution is 2.34. The Hall–Kier alpha value is -4.17. The van der Waals surface area contributed by atoms with E-state index in [0.717, 1.165) is 17.7 Å². The molecule has 1 N–H and O–H groups in total. The van der Waals surface area contributed by atoms with Crippen LogP contribution in [0, 0.1) is 13.8 Å². The molecule has 6 rings (SSSR count). The topological polar surface area (TPSA) is 81.8 Å². The highest BCUT2D eigenvalue weighted by atomic mass is 32.2. The molecule has 3 aromatic carbocycles. The number of carbonyl (C=O) groups is 1. The lowest BCUT2D eigenvalue weighted by Crippen LogP contribution is -2.31. The van der Waals surface area contributed by atoms with Crippen LogP contribution in [0.15, 0.2) is 95.0 Å². The number of carbonyl (C=O) groups excluding carboxylic acids is 1. The predicted molar refractivity (Wildman–Crippen MR) is 159 cm³/mol. The molecular formula is C32H31N5O2S. The Labute approximate surface area is 237 Å². The summed E-state index contributed by atoms with van der Waals surface area (Å²) in [6.45, 7) is 4.63. The van der Waals surface area contributed by atoms with Crippen LogP contribution in [0.4, 0.5) is 0 Å². The van der Waals surface area contributed by atoms with Crippen molar-refractivity contribution in [3.8, 4) is 5.69 Å². The Morgan fingerprint density at radius 1 is 1.02 bits per heavy atom. The highest BCUT2D eigenvalue weighted by molar-refractivity contribution is 7.99. The van der Waals surface area contributed by atoms with Gasteiger partial charge >= 0.3 is 0 Å². The van der Waals surface area contributed by atoms with Crippen LogP contribution in [-0.4, -0.2) is 37.5 Å². The summed E-state index contributed by atoms with van der Waals surface area (Å²) in [4.78, 5) is 31.4. The number of nitrogens with zero attached hydrogens (tertiary/aromatic N) is 4. The molecule has 0 saturated heterocycles. The second kappa shape index (κ2) is 11.1. The molecule has 1 aliphatic heterocycles. The van der Waals surface area contributed by atoms with Gasteiger partial charge in [0.2, 0.25) is 5.91 Å². The summed E-state index contributed by atoms with van der Waals surface area (Å²) >= 11 is 1.51. The highest BCUT2D eigenvalue weighted by Gasteiger charge is 2.30. The van der Waals surface area contributed by atoms with E-state index in [1.807, 2.05) is 62.4 Å². The van der Waals surface area contributed by atoms with Crippen molar-refractivity contribution in [2.75, 3.05) is 12.3 Å². The van der Waals surface area contributed by atoms with Gasteiger partial charge in [0.25, 0.3) is 5.56 Å². The number of rotatable bonds is 8. The Morgan fingerprint density at radius 2 is 1.73 bits per heavy atom. The van der Waals surface area contributed by atoms with Gasteiger partial charge in [0, 0.05) is 24.6 Å². The van der Waals surface area contributed by atoms with E-state index in [0.29, 0.717) is 28.5 Å². The molecule has 1 atom stereocenters. The first kappa shape index (κ1) is 26.1. The fraction of sp³-hybridized carbons (Fsp3) is 0.250. The number of aryl methyl sites for hydroxylation is 2. The number of hydrogen-bond donors (Lipinski definition) is 1. The van der Waals surface area contributed by atoms with Crippen LogP contribution in [-0.2, 0) is 4.79 Å². The Kier molecular flexibility index (Phi) is 7.26. The van der Waals surface area contributed by atoms with Gasteiger partial charge in [-0.2, -0.15) is 5.10 Å². The average Bonchev–Trinajstić information content (AvgIpc) is 3.57. The first-order valence-corrected chi connectivity index (χ1v) is 14.6. The number of nitrogens with one attached hydrogen (secondary N) is 1. The molecule has 0 spiro atoms. The molecule has 1 aliphatic rings. The molecule has 1 unspecified atom stereocenters. The molecule has 8 heteroatoms. The van der Waals surface area contributed by atoms with E-state index in [2.05, 4.69) is 40.7 Å². The van der Waals surface area contributed by atoms with Gasteiger partial charge < -0.3 is 5.32 Å². The predicted octanol–water partition coefficient (Wildman–Crippen LogP) is 5.57. The molecule has 0 aliphatic carbocycles. The van der Waals surface area contributed by atoms with E-state index < -0.39 is 0 Å². The molecule has 202 valence electrons. The molecule has 7 nitrogen and oxygen atoms in total. The van der Waals surface area contributed by atoms with E-state index in [-0.39, 0.29) is 29.8 Å². The zero-order valence-electron chi connectivity index (χ0n) is 22.6. The summed E-state index contributed by atoms with van der Waals surface area (Å²) in [5.41, 5.74) is 6.00. The molecular weight excluding hydrogens is 518 g/mol. The summed E-state index contributed by atoms with van der Waals surface area (Å²) < 4.78 is 3.42. The largest absolute Gasteiger partial charge is 0.356 e. The molecule has 5 aromatic rings. The first-order chi connectivity index (χ1) is 19.5. The van der Waals surface area contributed by atoms with Crippen LogP contribution in [0.3, 0.4) is 0 Å².